The number of hydrogen-bond donors (Lipinski definition) is 2. The van der Waals surface area contributed by atoms with Crippen molar-refractivity contribution in [3.63, 3.8) is 0 Å². The quantitative estimate of drug-likeness (QED) is 0.0682. The summed E-state index contributed by atoms with van der Waals surface area (Å²) in [5.74, 6) is -2.17. The molecular weight excluding hydrogens is 754 g/mol. The van der Waals surface area contributed by atoms with E-state index in [9.17, 15) is 19.2 Å². The molecule has 1 atom stereocenters. The monoisotopic (exact) mass is 815 g/mol. The summed E-state index contributed by atoms with van der Waals surface area (Å²) in [5.41, 5.74) is 0.904. The average molecular weight is 816 g/mol. The Hall–Kier alpha value is -3.18. The number of ether oxygens (including phenoxy) is 12. The van der Waals surface area contributed by atoms with Gasteiger partial charge >= 0.3 is 0 Å². The highest BCUT2D eigenvalue weighted by molar-refractivity contribution is 6.25. The Morgan fingerprint density at radius 2 is 0.930 bits per heavy atom. The lowest BCUT2D eigenvalue weighted by molar-refractivity contribution is -0.136. The van der Waals surface area contributed by atoms with Crippen LogP contribution in [0.5, 0.6) is 0 Å². The number of hydrogen-bond acceptors (Lipinski definition) is 17. The van der Waals surface area contributed by atoms with Crippen LogP contribution >= 0.6 is 0 Å². The van der Waals surface area contributed by atoms with Crippen molar-refractivity contribution in [1.29, 1.82) is 0 Å². The minimum atomic E-state index is -1.01. The molecule has 1 fully saturated rings. The average Bonchev–Trinajstić information content (AvgIpc) is 3.46. The molecule has 1 saturated heterocycles. The van der Waals surface area contributed by atoms with E-state index in [0.717, 1.165) is 4.90 Å². The molecule has 57 heavy (non-hydrogen) atoms. The third kappa shape index (κ3) is 20.4. The molecule has 1 unspecified atom stereocenters. The van der Waals surface area contributed by atoms with Gasteiger partial charge in [-0.2, -0.15) is 0 Å². The number of imide groups is 2. The first-order chi connectivity index (χ1) is 28.0. The lowest BCUT2D eigenvalue weighted by atomic mass is 10.0. The number of piperidine rings is 1. The van der Waals surface area contributed by atoms with E-state index >= 15 is 0 Å². The fraction of sp³-hybridized carbons (Fsp3) is 0.737. The smallest absolute Gasteiger partial charge is 0.264 e. The Morgan fingerprint density at radius 1 is 0.544 bits per heavy atom. The maximum atomic E-state index is 13.2. The van der Waals surface area contributed by atoms with E-state index in [2.05, 4.69) is 10.6 Å². The van der Waals surface area contributed by atoms with E-state index < -0.39 is 29.7 Å². The first-order valence-electron chi connectivity index (χ1n) is 19.5. The third-order valence-electron chi connectivity index (χ3n) is 8.18. The van der Waals surface area contributed by atoms with E-state index in [1.165, 1.54) is 0 Å². The van der Waals surface area contributed by atoms with Gasteiger partial charge < -0.3 is 62.2 Å². The number of amides is 4. The number of carbonyl (C=O) groups is 4. The van der Waals surface area contributed by atoms with Gasteiger partial charge in [-0.25, -0.2) is 0 Å². The molecule has 0 aromatic heterocycles. The van der Waals surface area contributed by atoms with Crippen molar-refractivity contribution in [3.05, 3.63) is 29.3 Å². The van der Waals surface area contributed by atoms with Crippen molar-refractivity contribution in [1.82, 2.24) is 10.2 Å². The van der Waals surface area contributed by atoms with Crippen LogP contribution in [0, 0.1) is 0 Å². The molecule has 2 aliphatic rings. The molecule has 2 heterocycles. The van der Waals surface area contributed by atoms with Crippen LogP contribution in [-0.2, 0) is 66.4 Å². The third-order valence-corrected chi connectivity index (χ3v) is 8.18. The summed E-state index contributed by atoms with van der Waals surface area (Å²) in [7, 11) is 1.64. The van der Waals surface area contributed by atoms with Gasteiger partial charge in [0.15, 0.2) is 0 Å². The number of nitrogens with zero attached hydrogens (tertiary/aromatic N) is 1. The zero-order valence-corrected chi connectivity index (χ0v) is 33.2. The van der Waals surface area contributed by atoms with E-state index in [1.54, 1.807) is 25.3 Å². The van der Waals surface area contributed by atoms with Gasteiger partial charge in [0.1, 0.15) is 6.04 Å². The standard InChI is InChI=1S/C38H61N3O16/c1-46-9-10-48-13-14-50-17-18-52-21-22-54-25-26-56-29-30-57-28-27-55-24-23-53-20-19-51-16-15-49-12-11-47-8-7-39-32-4-2-3-31-35(32)38(45)41(37(31)44)33-5-6-34(42)40-36(33)43/h2-4,33,39H,5-30H2,1H3,(H,40,42,43). The Balaban J connectivity index is 0.995. The molecule has 0 bridgehead atoms. The molecule has 1 aromatic carbocycles. The van der Waals surface area contributed by atoms with Crippen molar-refractivity contribution >= 4 is 29.3 Å². The fourth-order valence-electron chi connectivity index (χ4n) is 5.36. The zero-order valence-electron chi connectivity index (χ0n) is 33.2. The molecular formula is C38H61N3O16. The first-order valence-corrected chi connectivity index (χ1v) is 19.5. The Bertz CT molecular complexity index is 1270. The predicted molar refractivity (Wildman–Crippen MR) is 202 cm³/mol. The van der Waals surface area contributed by atoms with Crippen LogP contribution in [0.1, 0.15) is 33.6 Å². The highest BCUT2D eigenvalue weighted by atomic mass is 16.6. The van der Waals surface area contributed by atoms with Gasteiger partial charge in [-0.1, -0.05) is 6.07 Å². The van der Waals surface area contributed by atoms with Gasteiger partial charge in [0.2, 0.25) is 11.8 Å². The van der Waals surface area contributed by atoms with Gasteiger partial charge in [0, 0.05) is 25.8 Å². The molecule has 0 spiro atoms. The molecule has 3 rings (SSSR count). The molecule has 0 saturated carbocycles. The van der Waals surface area contributed by atoms with Crippen LogP contribution in [0.15, 0.2) is 18.2 Å². The topological polar surface area (TPSA) is 206 Å². The fourth-order valence-corrected chi connectivity index (χ4v) is 5.36. The largest absolute Gasteiger partial charge is 0.382 e. The Morgan fingerprint density at radius 3 is 1.32 bits per heavy atom. The number of benzene rings is 1. The second kappa shape index (κ2) is 31.8. The molecule has 324 valence electrons. The van der Waals surface area contributed by atoms with Crippen molar-refractivity contribution < 1.29 is 76.0 Å². The van der Waals surface area contributed by atoms with Crippen molar-refractivity contribution in [2.75, 3.05) is 171 Å². The summed E-state index contributed by atoms with van der Waals surface area (Å²) in [6.07, 6.45) is 0.167. The second-order valence-corrected chi connectivity index (χ2v) is 12.3. The van der Waals surface area contributed by atoms with Crippen LogP contribution in [-0.4, -0.2) is 200 Å². The zero-order chi connectivity index (χ0) is 40.6. The maximum Gasteiger partial charge on any atom is 0.264 e. The van der Waals surface area contributed by atoms with Crippen LogP contribution in [0.25, 0.3) is 0 Å². The lowest BCUT2D eigenvalue weighted by Crippen LogP contribution is -2.54. The maximum absolute atomic E-state index is 13.2. The van der Waals surface area contributed by atoms with Gasteiger partial charge in [-0.3, -0.25) is 29.4 Å². The molecule has 2 aliphatic heterocycles. The number of methoxy groups -OCH3 is 1. The van der Waals surface area contributed by atoms with Gasteiger partial charge in [-0.05, 0) is 18.6 Å². The number of nitrogens with one attached hydrogen (secondary N) is 2. The minimum Gasteiger partial charge on any atom is -0.382 e. The Kier molecular flexibility index (Phi) is 26.9. The summed E-state index contributed by atoms with van der Waals surface area (Å²) in [5, 5.41) is 5.33. The normalized spacial score (nSPS) is 15.5. The van der Waals surface area contributed by atoms with Crippen molar-refractivity contribution in [2.45, 2.75) is 18.9 Å². The summed E-state index contributed by atoms with van der Waals surface area (Å²) in [6, 6.07) is 3.90. The Labute approximate surface area is 334 Å². The van der Waals surface area contributed by atoms with Crippen LogP contribution < -0.4 is 10.6 Å². The lowest BCUT2D eigenvalue weighted by Gasteiger charge is -2.27. The number of carbonyl (C=O) groups excluding carboxylic acids is 4. The van der Waals surface area contributed by atoms with Gasteiger partial charge in [0.25, 0.3) is 11.8 Å². The second-order valence-electron chi connectivity index (χ2n) is 12.3. The highest BCUT2D eigenvalue weighted by Crippen LogP contribution is 2.32. The van der Waals surface area contributed by atoms with E-state index in [4.69, 9.17) is 56.8 Å². The predicted octanol–water partition coefficient (Wildman–Crippen LogP) is 0.329. The molecule has 2 N–H and O–H groups in total. The van der Waals surface area contributed by atoms with Crippen molar-refractivity contribution in [2.24, 2.45) is 0 Å². The van der Waals surface area contributed by atoms with Crippen LogP contribution in [0.4, 0.5) is 5.69 Å². The summed E-state index contributed by atoms with van der Waals surface area (Å²) >= 11 is 0. The van der Waals surface area contributed by atoms with E-state index in [0.29, 0.717) is 164 Å². The number of fused-ring (bicyclic) bond motifs is 1. The van der Waals surface area contributed by atoms with E-state index in [-0.39, 0.29) is 24.0 Å². The van der Waals surface area contributed by atoms with E-state index in [1.807, 2.05) is 0 Å². The van der Waals surface area contributed by atoms with Crippen molar-refractivity contribution in [3.8, 4) is 0 Å². The van der Waals surface area contributed by atoms with Gasteiger partial charge in [0.05, 0.1) is 163 Å². The SMILES string of the molecule is COCCOCCOCCOCCOCCOCCOCCOCCOCCOCCOCCOCCNc1cccc2c1C(=O)N(C1CCC(=O)NC1=O)C2=O. The van der Waals surface area contributed by atoms with Crippen LogP contribution in [0.2, 0.25) is 0 Å². The molecule has 0 aliphatic carbocycles. The molecule has 0 radical (unpaired) electrons. The van der Waals surface area contributed by atoms with Gasteiger partial charge in [-0.15, -0.1) is 0 Å². The van der Waals surface area contributed by atoms with Crippen LogP contribution in [0.3, 0.4) is 0 Å². The summed E-state index contributed by atoms with van der Waals surface area (Å²) in [4.78, 5) is 50.9. The number of rotatable bonds is 38. The first kappa shape index (κ1) is 48.2. The molecule has 1 aromatic rings. The molecule has 19 heteroatoms. The summed E-state index contributed by atoms with van der Waals surface area (Å²) < 4.78 is 65.1. The summed E-state index contributed by atoms with van der Waals surface area (Å²) in [6.45, 7) is 11.3. The molecule has 4 amide bonds. The highest BCUT2D eigenvalue weighted by Gasteiger charge is 2.45. The molecule has 19 nitrogen and oxygen atoms in total. The number of anilines is 1. The minimum absolute atomic E-state index is 0.0647.